The average molecular weight is 181 g/mol. The first-order valence-corrected chi connectivity index (χ1v) is 5.00. The Morgan fingerprint density at radius 2 is 1.82 bits per heavy atom. The van der Waals surface area contributed by atoms with Gasteiger partial charge in [0, 0.05) is 0 Å². The van der Waals surface area contributed by atoms with Crippen LogP contribution in [0.2, 0.25) is 0 Å². The molecule has 0 saturated carbocycles. The first-order valence-electron chi connectivity index (χ1n) is 3.66. The van der Waals surface area contributed by atoms with Gasteiger partial charge in [0.2, 0.25) is 0 Å². The predicted octanol–water partition coefficient (Wildman–Crippen LogP) is 1.26. The Kier molecular flexibility index (Phi) is 5.45. The Balaban J connectivity index is 3.16. The second kappa shape index (κ2) is 5.51. The molecule has 0 rings (SSSR count). The highest BCUT2D eigenvalue weighted by Crippen LogP contribution is 2.00. The molecule has 5 heteroatoms. The van der Waals surface area contributed by atoms with E-state index in [-0.39, 0.29) is 6.61 Å². The number of hydrogen-bond donors (Lipinski definition) is 0. The molecule has 11 heavy (non-hydrogen) atoms. The van der Waals surface area contributed by atoms with Crippen molar-refractivity contribution in [2.45, 2.75) is 32.6 Å². The smallest absolute Gasteiger partial charge is 0.246 e. The maximum Gasteiger partial charge on any atom is 0.427 e. The van der Waals surface area contributed by atoms with Gasteiger partial charge in [-0.3, -0.25) is 0 Å². The summed E-state index contributed by atoms with van der Waals surface area (Å²) in [5.74, 6) is 0. The lowest BCUT2D eigenvalue weighted by Gasteiger charge is -1.97. The molecule has 0 saturated heterocycles. The van der Waals surface area contributed by atoms with Gasteiger partial charge in [-0.05, 0) is 6.42 Å². The molecule has 0 spiro atoms. The van der Waals surface area contributed by atoms with E-state index < -0.39 is 10.4 Å². The minimum absolute atomic E-state index is 0.0197. The molecule has 0 fully saturated rings. The average Bonchev–Trinajstić information content (AvgIpc) is 1.85. The van der Waals surface area contributed by atoms with Gasteiger partial charge in [-0.2, -0.15) is 8.42 Å². The Morgan fingerprint density at radius 1 is 1.18 bits per heavy atom. The summed E-state index contributed by atoms with van der Waals surface area (Å²) >= 11 is 0. The Bertz CT molecular complexity index is 173. The predicted molar refractivity (Wildman–Crippen MR) is 39.7 cm³/mol. The normalized spacial score (nSPS) is 11.8. The molecule has 0 atom stereocenters. The lowest BCUT2D eigenvalue weighted by molar-refractivity contribution is 0.238. The van der Waals surface area contributed by atoms with Crippen LogP contribution in [-0.4, -0.2) is 15.0 Å². The van der Waals surface area contributed by atoms with Crippen LogP contribution in [0.1, 0.15) is 32.6 Å². The Labute approximate surface area is 67.5 Å². The van der Waals surface area contributed by atoms with Gasteiger partial charge in [-0.1, -0.05) is 30.7 Å². The molecule has 0 aromatic heterocycles. The summed E-state index contributed by atoms with van der Waals surface area (Å²) in [6, 6.07) is 0. The van der Waals surface area contributed by atoms with E-state index in [1.807, 2.05) is 6.92 Å². The van der Waals surface area contributed by atoms with Gasteiger partial charge < -0.3 is 0 Å². The number of unbranched alkanes of at least 4 members (excludes halogenated alkanes) is 3. The van der Waals surface area contributed by atoms with E-state index in [4.69, 9.17) is 0 Å². The summed E-state index contributed by atoms with van der Waals surface area (Å²) in [6.07, 6.45) is 3.66. The van der Waals surface area contributed by atoms with Crippen LogP contribution in [0.3, 0.4) is 0 Å². The van der Waals surface area contributed by atoms with Gasteiger partial charge in [-0.25, -0.2) is 4.18 Å². The van der Waals surface area contributed by atoms with Crippen LogP contribution in [0.5, 0.6) is 0 Å². The summed E-state index contributed by atoms with van der Waals surface area (Å²) in [5.41, 5.74) is 0. The lowest BCUT2D eigenvalue weighted by atomic mass is 10.2. The SMILES string of the molecule is CCCCCCOS([O])(=O)=O. The van der Waals surface area contributed by atoms with Gasteiger partial charge in [-0.15, -0.1) is 0 Å². The summed E-state index contributed by atoms with van der Waals surface area (Å²) < 4.78 is 33.7. The Morgan fingerprint density at radius 3 is 2.27 bits per heavy atom. The minimum atomic E-state index is -4.46. The van der Waals surface area contributed by atoms with E-state index in [9.17, 15) is 13.0 Å². The fourth-order valence-electron chi connectivity index (χ4n) is 0.690. The van der Waals surface area contributed by atoms with Crippen LogP contribution in [0.15, 0.2) is 0 Å². The van der Waals surface area contributed by atoms with E-state index >= 15 is 0 Å². The quantitative estimate of drug-likeness (QED) is 0.579. The highest BCUT2D eigenvalue weighted by molar-refractivity contribution is 7.80. The maximum absolute atomic E-state index is 9.89. The molecule has 0 aromatic rings. The summed E-state index contributed by atoms with van der Waals surface area (Å²) in [6.45, 7) is 2.07. The molecule has 1 radical (unpaired) electrons. The van der Waals surface area contributed by atoms with Crippen LogP contribution in [-0.2, 0) is 19.1 Å². The van der Waals surface area contributed by atoms with Crippen LogP contribution in [0.25, 0.3) is 0 Å². The van der Waals surface area contributed by atoms with Crippen LogP contribution >= 0.6 is 0 Å². The molecule has 0 aliphatic carbocycles. The molecule has 0 amide bonds. The fraction of sp³-hybridized carbons (Fsp3) is 1.00. The van der Waals surface area contributed by atoms with Crippen molar-refractivity contribution in [3.8, 4) is 0 Å². The van der Waals surface area contributed by atoms with Gasteiger partial charge in [0.05, 0.1) is 6.61 Å². The Hall–Kier alpha value is -0.130. The van der Waals surface area contributed by atoms with Gasteiger partial charge in [0.25, 0.3) is 0 Å². The molecule has 0 aliphatic heterocycles. The van der Waals surface area contributed by atoms with Crippen molar-refractivity contribution in [1.82, 2.24) is 0 Å². The monoisotopic (exact) mass is 181 g/mol. The summed E-state index contributed by atoms with van der Waals surface area (Å²) in [4.78, 5) is 0. The molecule has 0 aromatic carbocycles. The van der Waals surface area contributed by atoms with Crippen LogP contribution in [0, 0.1) is 0 Å². The summed E-state index contributed by atoms with van der Waals surface area (Å²) in [5, 5.41) is 0. The summed E-state index contributed by atoms with van der Waals surface area (Å²) in [7, 11) is -4.46. The fourth-order valence-corrected chi connectivity index (χ4v) is 1.01. The second-order valence-corrected chi connectivity index (χ2v) is 3.34. The third-order valence-corrected chi connectivity index (χ3v) is 1.68. The van der Waals surface area contributed by atoms with E-state index in [1.165, 1.54) is 0 Å². The molecular formula is C6H13O4S. The van der Waals surface area contributed by atoms with Crippen molar-refractivity contribution < 1.29 is 17.2 Å². The maximum atomic E-state index is 9.89. The highest BCUT2D eigenvalue weighted by atomic mass is 32.3. The van der Waals surface area contributed by atoms with Gasteiger partial charge in [0.15, 0.2) is 0 Å². The van der Waals surface area contributed by atoms with Crippen LogP contribution < -0.4 is 0 Å². The van der Waals surface area contributed by atoms with Crippen molar-refractivity contribution in [3.05, 3.63) is 0 Å². The minimum Gasteiger partial charge on any atom is -0.246 e. The molecule has 0 aliphatic rings. The van der Waals surface area contributed by atoms with E-state index in [0.29, 0.717) is 6.42 Å². The molecule has 4 nitrogen and oxygen atoms in total. The van der Waals surface area contributed by atoms with E-state index in [1.54, 1.807) is 0 Å². The largest absolute Gasteiger partial charge is 0.427 e. The van der Waals surface area contributed by atoms with E-state index in [2.05, 4.69) is 4.18 Å². The van der Waals surface area contributed by atoms with Crippen molar-refractivity contribution in [2.75, 3.05) is 6.61 Å². The third kappa shape index (κ3) is 9.87. The molecule has 67 valence electrons. The molecule has 0 N–H and O–H groups in total. The van der Waals surface area contributed by atoms with Crippen molar-refractivity contribution in [2.24, 2.45) is 0 Å². The highest BCUT2D eigenvalue weighted by Gasteiger charge is 2.04. The number of rotatable bonds is 6. The van der Waals surface area contributed by atoms with Crippen LogP contribution in [0.4, 0.5) is 0 Å². The molecule has 0 bridgehead atoms. The zero-order valence-corrected chi connectivity index (χ0v) is 7.39. The number of hydrogen-bond acceptors (Lipinski definition) is 3. The van der Waals surface area contributed by atoms with E-state index in [0.717, 1.165) is 19.3 Å². The first-order chi connectivity index (χ1) is 5.06. The van der Waals surface area contributed by atoms with Crippen molar-refractivity contribution in [3.63, 3.8) is 0 Å². The zero-order valence-electron chi connectivity index (χ0n) is 6.58. The standard InChI is InChI=1S/C6H13O4S/c1-2-3-4-5-6-10-11(7,8)9/h2-6H2,1H3. The molecule has 0 heterocycles. The third-order valence-electron chi connectivity index (χ3n) is 1.23. The lowest BCUT2D eigenvalue weighted by Crippen LogP contribution is -2.03. The first kappa shape index (κ1) is 10.9. The second-order valence-electron chi connectivity index (χ2n) is 2.29. The van der Waals surface area contributed by atoms with Crippen molar-refractivity contribution in [1.29, 1.82) is 0 Å². The zero-order chi connectivity index (χ0) is 8.74. The van der Waals surface area contributed by atoms with Gasteiger partial charge in [0.1, 0.15) is 0 Å². The van der Waals surface area contributed by atoms with Crippen molar-refractivity contribution >= 4 is 10.4 Å². The molecular weight excluding hydrogens is 168 g/mol. The van der Waals surface area contributed by atoms with Gasteiger partial charge >= 0.3 is 10.4 Å². The molecule has 0 unspecified atom stereocenters. The topological polar surface area (TPSA) is 63.3 Å².